The van der Waals surface area contributed by atoms with E-state index in [-0.39, 0.29) is 11.1 Å². The van der Waals surface area contributed by atoms with E-state index in [2.05, 4.69) is 4.57 Å². The molecular weight excluding hydrogens is 456 g/mol. The number of ether oxygens (including phenoxy) is 1. The SMILES string of the molecule is O=C1S/C(=C\c2cn(CCOc3ccccc3)c3ccccc23)C(=O)N1c1cccc(Cl)c1. The lowest BCUT2D eigenvalue weighted by Crippen LogP contribution is -2.27. The zero-order valence-electron chi connectivity index (χ0n) is 17.5. The van der Waals surface area contributed by atoms with Crippen LogP contribution in [0.1, 0.15) is 5.56 Å². The van der Waals surface area contributed by atoms with Crippen LogP contribution in [-0.2, 0) is 11.3 Å². The fourth-order valence-corrected chi connectivity index (χ4v) is 4.82. The molecule has 0 radical (unpaired) electrons. The Labute approximate surface area is 200 Å². The van der Waals surface area contributed by atoms with Crippen LogP contribution in [0.4, 0.5) is 10.5 Å². The van der Waals surface area contributed by atoms with Crippen molar-refractivity contribution in [1.82, 2.24) is 4.57 Å². The van der Waals surface area contributed by atoms with Crippen LogP contribution >= 0.6 is 23.4 Å². The van der Waals surface area contributed by atoms with E-state index in [0.717, 1.165) is 38.9 Å². The number of carbonyl (C=O) groups excluding carboxylic acids is 2. The first-order valence-corrected chi connectivity index (χ1v) is 11.6. The lowest BCUT2D eigenvalue weighted by Gasteiger charge is -2.12. The van der Waals surface area contributed by atoms with E-state index < -0.39 is 0 Å². The molecule has 0 atom stereocenters. The molecule has 7 heteroatoms. The van der Waals surface area contributed by atoms with Gasteiger partial charge in [0.25, 0.3) is 11.1 Å². The summed E-state index contributed by atoms with van der Waals surface area (Å²) in [6, 6.07) is 24.4. The number of carbonyl (C=O) groups is 2. The van der Waals surface area contributed by atoms with Crippen molar-refractivity contribution in [2.75, 3.05) is 11.5 Å². The van der Waals surface area contributed by atoms with Crippen LogP contribution in [0.25, 0.3) is 17.0 Å². The second-order valence-electron chi connectivity index (χ2n) is 7.45. The molecule has 0 N–H and O–H groups in total. The van der Waals surface area contributed by atoms with Crippen molar-refractivity contribution < 1.29 is 14.3 Å². The lowest BCUT2D eigenvalue weighted by atomic mass is 10.1. The summed E-state index contributed by atoms with van der Waals surface area (Å²) in [6.07, 6.45) is 3.78. The van der Waals surface area contributed by atoms with Gasteiger partial charge in [0.2, 0.25) is 0 Å². The molecule has 2 heterocycles. The summed E-state index contributed by atoms with van der Waals surface area (Å²) in [7, 11) is 0. The number of nitrogens with zero attached hydrogens (tertiary/aromatic N) is 2. The van der Waals surface area contributed by atoms with Crippen LogP contribution < -0.4 is 9.64 Å². The molecule has 0 spiro atoms. The number of anilines is 1. The molecule has 5 nitrogen and oxygen atoms in total. The number of hydrogen-bond acceptors (Lipinski definition) is 4. The summed E-state index contributed by atoms with van der Waals surface area (Å²) in [5.74, 6) is 0.473. The highest BCUT2D eigenvalue weighted by Gasteiger charge is 2.36. The minimum absolute atomic E-state index is 0.339. The van der Waals surface area contributed by atoms with Crippen LogP contribution in [0.3, 0.4) is 0 Å². The normalized spacial score (nSPS) is 15.1. The highest BCUT2D eigenvalue weighted by Crippen LogP contribution is 2.37. The van der Waals surface area contributed by atoms with Gasteiger partial charge in [-0.3, -0.25) is 9.59 Å². The highest BCUT2D eigenvalue weighted by molar-refractivity contribution is 8.19. The Bertz CT molecular complexity index is 1380. The van der Waals surface area contributed by atoms with Crippen LogP contribution in [0, 0.1) is 0 Å². The molecule has 3 aromatic carbocycles. The molecule has 2 amide bonds. The van der Waals surface area contributed by atoms with E-state index >= 15 is 0 Å². The molecule has 0 unspecified atom stereocenters. The van der Waals surface area contributed by atoms with Gasteiger partial charge >= 0.3 is 0 Å². The number of aromatic nitrogens is 1. The standard InChI is InChI=1S/C26H19ClN2O3S/c27-19-7-6-8-20(16-19)29-25(30)24(33-26(29)31)15-18-17-28(23-12-5-4-11-22(18)23)13-14-32-21-9-2-1-3-10-21/h1-12,15-17H,13-14H2/b24-15-. The number of benzene rings is 3. The van der Waals surface area contributed by atoms with E-state index in [1.54, 1.807) is 30.3 Å². The minimum Gasteiger partial charge on any atom is -0.492 e. The Balaban J connectivity index is 1.42. The first-order chi connectivity index (χ1) is 16.1. The number of fused-ring (bicyclic) bond motifs is 1. The molecule has 1 saturated heterocycles. The third-order valence-corrected chi connectivity index (χ3v) is 6.41. The average molecular weight is 475 g/mol. The van der Waals surface area contributed by atoms with Gasteiger partial charge < -0.3 is 9.30 Å². The molecule has 164 valence electrons. The Morgan fingerprint density at radius 2 is 1.73 bits per heavy atom. The molecule has 1 aromatic heterocycles. The van der Waals surface area contributed by atoms with Gasteiger partial charge in [0.05, 0.1) is 17.1 Å². The Hall–Kier alpha value is -3.48. The molecule has 1 fully saturated rings. The predicted octanol–water partition coefficient (Wildman–Crippen LogP) is 6.61. The maximum Gasteiger partial charge on any atom is 0.298 e. The van der Waals surface area contributed by atoms with E-state index in [9.17, 15) is 9.59 Å². The Kier molecular flexibility index (Phi) is 5.94. The van der Waals surface area contributed by atoms with Gasteiger partial charge in [0.1, 0.15) is 12.4 Å². The summed E-state index contributed by atoms with van der Waals surface area (Å²) in [5, 5.41) is 1.14. The molecule has 0 saturated carbocycles. The molecule has 1 aliphatic heterocycles. The largest absolute Gasteiger partial charge is 0.492 e. The molecule has 0 aliphatic carbocycles. The number of imide groups is 1. The molecule has 1 aliphatic rings. The van der Waals surface area contributed by atoms with Crippen molar-refractivity contribution >= 4 is 57.2 Å². The fraction of sp³-hybridized carbons (Fsp3) is 0.0769. The zero-order chi connectivity index (χ0) is 22.8. The van der Waals surface area contributed by atoms with Gasteiger partial charge in [-0.2, -0.15) is 0 Å². The van der Waals surface area contributed by atoms with Crippen LogP contribution in [0.15, 0.2) is 90.0 Å². The van der Waals surface area contributed by atoms with Gasteiger partial charge in [0.15, 0.2) is 0 Å². The number of rotatable bonds is 6. The summed E-state index contributed by atoms with van der Waals surface area (Å²) in [5.41, 5.74) is 2.38. The van der Waals surface area contributed by atoms with Crippen LogP contribution in [0.5, 0.6) is 5.75 Å². The zero-order valence-corrected chi connectivity index (χ0v) is 19.1. The van der Waals surface area contributed by atoms with Gasteiger partial charge in [-0.25, -0.2) is 4.90 Å². The van der Waals surface area contributed by atoms with Crippen molar-refractivity contribution in [1.29, 1.82) is 0 Å². The monoisotopic (exact) mass is 474 g/mol. The van der Waals surface area contributed by atoms with E-state index in [1.165, 1.54) is 0 Å². The fourth-order valence-electron chi connectivity index (χ4n) is 3.80. The van der Waals surface area contributed by atoms with Gasteiger partial charge in [-0.1, -0.05) is 54.1 Å². The third-order valence-electron chi connectivity index (χ3n) is 5.31. The van der Waals surface area contributed by atoms with Gasteiger partial charge in [0, 0.05) is 27.7 Å². The quantitative estimate of drug-likeness (QED) is 0.295. The molecule has 4 aromatic rings. The predicted molar refractivity (Wildman–Crippen MR) is 134 cm³/mol. The molecule has 5 rings (SSSR count). The number of amides is 2. The Morgan fingerprint density at radius 1 is 0.939 bits per heavy atom. The molecule has 0 bridgehead atoms. The van der Waals surface area contributed by atoms with Crippen LogP contribution in [0.2, 0.25) is 5.02 Å². The van der Waals surface area contributed by atoms with Gasteiger partial charge in [-0.15, -0.1) is 0 Å². The maximum atomic E-state index is 13.0. The molecular formula is C26H19ClN2O3S. The first-order valence-electron chi connectivity index (χ1n) is 10.4. The van der Waals surface area contributed by atoms with Crippen molar-refractivity contribution in [2.24, 2.45) is 0 Å². The van der Waals surface area contributed by atoms with Crippen molar-refractivity contribution in [3.63, 3.8) is 0 Å². The second kappa shape index (κ2) is 9.17. The number of hydrogen-bond donors (Lipinski definition) is 0. The first kappa shape index (κ1) is 21.4. The topological polar surface area (TPSA) is 51.5 Å². The molecule has 33 heavy (non-hydrogen) atoms. The Morgan fingerprint density at radius 3 is 2.55 bits per heavy atom. The highest BCUT2D eigenvalue weighted by atomic mass is 35.5. The summed E-state index contributed by atoms with van der Waals surface area (Å²) >= 11 is 6.98. The van der Waals surface area contributed by atoms with Gasteiger partial charge in [-0.05, 0) is 54.2 Å². The number of thioether (sulfide) groups is 1. The van der Waals surface area contributed by atoms with Crippen molar-refractivity contribution in [2.45, 2.75) is 6.54 Å². The van der Waals surface area contributed by atoms with E-state index in [1.807, 2.05) is 60.8 Å². The average Bonchev–Trinajstić information content (AvgIpc) is 3.31. The number of para-hydroxylation sites is 2. The van der Waals surface area contributed by atoms with Crippen molar-refractivity contribution in [3.8, 4) is 5.75 Å². The second-order valence-corrected chi connectivity index (χ2v) is 8.88. The lowest BCUT2D eigenvalue weighted by molar-refractivity contribution is -0.113. The summed E-state index contributed by atoms with van der Waals surface area (Å²) in [4.78, 5) is 27.2. The van der Waals surface area contributed by atoms with Crippen molar-refractivity contribution in [3.05, 3.63) is 101 Å². The number of halogens is 1. The summed E-state index contributed by atoms with van der Waals surface area (Å²) < 4.78 is 7.95. The van der Waals surface area contributed by atoms with E-state index in [0.29, 0.717) is 28.8 Å². The van der Waals surface area contributed by atoms with Crippen LogP contribution in [-0.4, -0.2) is 22.3 Å². The summed E-state index contributed by atoms with van der Waals surface area (Å²) in [6.45, 7) is 1.15. The maximum absolute atomic E-state index is 13.0. The van der Waals surface area contributed by atoms with E-state index in [4.69, 9.17) is 16.3 Å². The smallest absolute Gasteiger partial charge is 0.298 e. The third kappa shape index (κ3) is 4.40. The minimum atomic E-state index is -0.350.